The molecule has 0 unspecified atom stereocenters. The SMILES string of the molecule is C[C@@H](OC(=O)c1ccc(N2CCCC2)nn1)C(=O)NCC1CCCCC1. The lowest BCUT2D eigenvalue weighted by Gasteiger charge is -2.22. The average Bonchev–Trinajstić information content (AvgIpc) is 3.21. The third-order valence-electron chi connectivity index (χ3n) is 5.23. The number of nitrogens with one attached hydrogen (secondary N) is 1. The first kappa shape index (κ1) is 18.6. The molecule has 2 heterocycles. The molecule has 1 saturated carbocycles. The first-order valence-corrected chi connectivity index (χ1v) is 9.71. The molecule has 142 valence electrons. The summed E-state index contributed by atoms with van der Waals surface area (Å²) in [5.41, 5.74) is 0.125. The molecule has 0 spiro atoms. The Labute approximate surface area is 154 Å². The number of carbonyl (C=O) groups excluding carboxylic acids is 2. The molecule has 1 amide bonds. The summed E-state index contributed by atoms with van der Waals surface area (Å²) in [6.45, 7) is 4.18. The topological polar surface area (TPSA) is 84.4 Å². The maximum absolute atomic E-state index is 12.2. The number of carbonyl (C=O) groups is 2. The van der Waals surface area contributed by atoms with Crippen LogP contribution in [0.1, 0.15) is 62.4 Å². The van der Waals surface area contributed by atoms with Crippen LogP contribution in [0.25, 0.3) is 0 Å². The van der Waals surface area contributed by atoms with Crippen molar-refractivity contribution in [3.63, 3.8) is 0 Å². The van der Waals surface area contributed by atoms with E-state index in [1.807, 2.05) is 0 Å². The van der Waals surface area contributed by atoms with Crippen LogP contribution in [0, 0.1) is 5.92 Å². The van der Waals surface area contributed by atoms with Crippen LogP contribution < -0.4 is 10.2 Å². The van der Waals surface area contributed by atoms with Gasteiger partial charge < -0.3 is 15.0 Å². The Morgan fingerprint density at radius 1 is 1.15 bits per heavy atom. The summed E-state index contributed by atoms with van der Waals surface area (Å²) < 4.78 is 5.24. The fourth-order valence-electron chi connectivity index (χ4n) is 3.60. The largest absolute Gasteiger partial charge is 0.448 e. The standard InChI is InChI=1S/C19H28N4O3/c1-14(18(24)20-13-15-7-3-2-4-8-15)26-19(25)16-9-10-17(22-21-16)23-11-5-6-12-23/h9-10,14-15H,2-8,11-13H2,1H3,(H,20,24)/t14-/m1/s1. The molecule has 3 rings (SSSR count). The van der Waals surface area contributed by atoms with Crippen molar-refractivity contribution in [2.45, 2.75) is 58.0 Å². The maximum atomic E-state index is 12.2. The highest BCUT2D eigenvalue weighted by Gasteiger charge is 2.22. The van der Waals surface area contributed by atoms with Gasteiger partial charge in [-0.1, -0.05) is 19.3 Å². The van der Waals surface area contributed by atoms with Crippen molar-refractivity contribution in [2.24, 2.45) is 5.92 Å². The smallest absolute Gasteiger partial charge is 0.359 e. The van der Waals surface area contributed by atoms with Crippen LogP contribution in [0.3, 0.4) is 0 Å². The van der Waals surface area contributed by atoms with E-state index in [2.05, 4.69) is 20.4 Å². The number of aromatic nitrogens is 2. The van der Waals surface area contributed by atoms with Crippen molar-refractivity contribution in [2.75, 3.05) is 24.5 Å². The number of rotatable bonds is 6. The summed E-state index contributed by atoms with van der Waals surface area (Å²) >= 11 is 0. The Morgan fingerprint density at radius 3 is 2.54 bits per heavy atom. The van der Waals surface area contributed by atoms with Crippen LogP contribution in [-0.4, -0.2) is 47.8 Å². The molecular formula is C19H28N4O3. The van der Waals surface area contributed by atoms with Crippen LogP contribution in [-0.2, 0) is 9.53 Å². The maximum Gasteiger partial charge on any atom is 0.359 e. The predicted molar refractivity (Wildman–Crippen MR) is 97.9 cm³/mol. The zero-order chi connectivity index (χ0) is 18.4. The predicted octanol–water partition coefficient (Wildman–Crippen LogP) is 2.32. The summed E-state index contributed by atoms with van der Waals surface area (Å²) in [4.78, 5) is 26.5. The molecule has 1 saturated heterocycles. The fourth-order valence-corrected chi connectivity index (χ4v) is 3.60. The Kier molecular flexibility index (Phi) is 6.41. The average molecular weight is 360 g/mol. The lowest BCUT2D eigenvalue weighted by atomic mass is 9.89. The zero-order valence-electron chi connectivity index (χ0n) is 15.4. The molecule has 1 aliphatic carbocycles. The van der Waals surface area contributed by atoms with E-state index in [0.717, 1.165) is 44.6 Å². The van der Waals surface area contributed by atoms with Gasteiger partial charge in [0.25, 0.3) is 5.91 Å². The van der Waals surface area contributed by atoms with Crippen molar-refractivity contribution in [1.29, 1.82) is 0 Å². The Balaban J connectivity index is 1.46. The number of hydrogen-bond donors (Lipinski definition) is 1. The van der Waals surface area contributed by atoms with E-state index in [-0.39, 0.29) is 11.6 Å². The number of esters is 1. The van der Waals surface area contributed by atoms with Crippen molar-refractivity contribution in [3.05, 3.63) is 17.8 Å². The highest BCUT2D eigenvalue weighted by Crippen LogP contribution is 2.22. The highest BCUT2D eigenvalue weighted by atomic mass is 16.5. The first-order valence-electron chi connectivity index (χ1n) is 9.71. The molecule has 1 aromatic heterocycles. The molecule has 2 aliphatic rings. The second-order valence-electron chi connectivity index (χ2n) is 7.27. The molecular weight excluding hydrogens is 332 g/mol. The number of anilines is 1. The van der Waals surface area contributed by atoms with Crippen LogP contribution in [0.15, 0.2) is 12.1 Å². The van der Waals surface area contributed by atoms with Crippen molar-refractivity contribution in [3.8, 4) is 0 Å². The van der Waals surface area contributed by atoms with E-state index in [4.69, 9.17) is 4.74 Å². The summed E-state index contributed by atoms with van der Waals surface area (Å²) in [6, 6.07) is 3.39. The second kappa shape index (κ2) is 8.96. The van der Waals surface area contributed by atoms with Gasteiger partial charge in [-0.05, 0) is 50.7 Å². The van der Waals surface area contributed by atoms with Crippen LogP contribution in [0.4, 0.5) is 5.82 Å². The molecule has 7 nitrogen and oxygen atoms in total. The lowest BCUT2D eigenvalue weighted by Crippen LogP contribution is -2.38. The van der Waals surface area contributed by atoms with Gasteiger partial charge in [0.05, 0.1) is 0 Å². The quantitative estimate of drug-likeness (QED) is 0.784. The van der Waals surface area contributed by atoms with E-state index in [1.54, 1.807) is 19.1 Å². The molecule has 1 N–H and O–H groups in total. The van der Waals surface area contributed by atoms with Gasteiger partial charge in [0.2, 0.25) is 0 Å². The van der Waals surface area contributed by atoms with E-state index in [9.17, 15) is 9.59 Å². The molecule has 2 fully saturated rings. The number of hydrogen-bond acceptors (Lipinski definition) is 6. The third kappa shape index (κ3) is 4.93. The number of ether oxygens (including phenoxy) is 1. The summed E-state index contributed by atoms with van der Waals surface area (Å²) in [5, 5.41) is 11.0. The highest BCUT2D eigenvalue weighted by molar-refractivity contribution is 5.90. The lowest BCUT2D eigenvalue weighted by molar-refractivity contribution is -0.129. The molecule has 1 atom stereocenters. The van der Waals surface area contributed by atoms with E-state index in [1.165, 1.54) is 19.3 Å². The molecule has 1 aliphatic heterocycles. The summed E-state index contributed by atoms with van der Waals surface area (Å²) in [6.07, 6.45) is 7.54. The Morgan fingerprint density at radius 2 is 1.88 bits per heavy atom. The molecule has 0 radical (unpaired) electrons. The number of amides is 1. The van der Waals surface area contributed by atoms with Gasteiger partial charge >= 0.3 is 5.97 Å². The van der Waals surface area contributed by atoms with Crippen molar-refractivity contribution < 1.29 is 14.3 Å². The van der Waals surface area contributed by atoms with Gasteiger partial charge in [0.1, 0.15) is 0 Å². The van der Waals surface area contributed by atoms with E-state index < -0.39 is 12.1 Å². The molecule has 0 aromatic carbocycles. The van der Waals surface area contributed by atoms with Crippen LogP contribution >= 0.6 is 0 Å². The van der Waals surface area contributed by atoms with E-state index >= 15 is 0 Å². The molecule has 1 aromatic rings. The van der Waals surface area contributed by atoms with Gasteiger partial charge in [-0.3, -0.25) is 4.79 Å². The molecule has 7 heteroatoms. The minimum Gasteiger partial charge on any atom is -0.448 e. The van der Waals surface area contributed by atoms with Gasteiger partial charge in [0, 0.05) is 19.6 Å². The van der Waals surface area contributed by atoms with Gasteiger partial charge in [-0.15, -0.1) is 10.2 Å². The molecule has 0 bridgehead atoms. The zero-order valence-corrected chi connectivity index (χ0v) is 15.4. The molecule has 26 heavy (non-hydrogen) atoms. The van der Waals surface area contributed by atoms with Crippen LogP contribution in [0.2, 0.25) is 0 Å². The summed E-state index contributed by atoms with van der Waals surface area (Å²) in [5.74, 6) is 0.438. The Hall–Kier alpha value is -2.18. The van der Waals surface area contributed by atoms with Crippen molar-refractivity contribution >= 4 is 17.7 Å². The normalized spacial score (nSPS) is 19.2. The van der Waals surface area contributed by atoms with Crippen LogP contribution in [0.5, 0.6) is 0 Å². The van der Waals surface area contributed by atoms with Crippen molar-refractivity contribution in [1.82, 2.24) is 15.5 Å². The Bertz CT molecular complexity index is 608. The third-order valence-corrected chi connectivity index (χ3v) is 5.23. The second-order valence-corrected chi connectivity index (χ2v) is 7.27. The van der Waals surface area contributed by atoms with Gasteiger partial charge in [-0.25, -0.2) is 4.79 Å². The van der Waals surface area contributed by atoms with Gasteiger partial charge in [0.15, 0.2) is 17.6 Å². The van der Waals surface area contributed by atoms with Gasteiger partial charge in [-0.2, -0.15) is 0 Å². The minimum atomic E-state index is -0.842. The summed E-state index contributed by atoms with van der Waals surface area (Å²) in [7, 11) is 0. The van der Waals surface area contributed by atoms with E-state index in [0.29, 0.717) is 12.5 Å². The monoisotopic (exact) mass is 360 g/mol. The minimum absolute atomic E-state index is 0.125. The fraction of sp³-hybridized carbons (Fsp3) is 0.684. The number of nitrogens with zero attached hydrogens (tertiary/aromatic N) is 3. The first-order chi connectivity index (χ1) is 12.6.